The number of hydrogen-bond acceptors (Lipinski definition) is 1. The zero-order valence-corrected chi connectivity index (χ0v) is 9.93. The van der Waals surface area contributed by atoms with Gasteiger partial charge in [0.1, 0.15) is 0 Å². The summed E-state index contributed by atoms with van der Waals surface area (Å²) < 4.78 is 1.05. The predicted molar refractivity (Wildman–Crippen MR) is 44.6 cm³/mol. The van der Waals surface area contributed by atoms with E-state index in [2.05, 4.69) is 22.0 Å². The van der Waals surface area contributed by atoms with Gasteiger partial charge in [0.25, 0.3) is 0 Å². The van der Waals surface area contributed by atoms with E-state index in [1.807, 2.05) is 24.3 Å². The Morgan fingerprint density at radius 1 is 1.36 bits per heavy atom. The molecule has 11 heavy (non-hydrogen) atoms. The van der Waals surface area contributed by atoms with Crippen molar-refractivity contribution in [3.63, 3.8) is 0 Å². The molecule has 0 unspecified atom stereocenters. The van der Waals surface area contributed by atoms with Crippen LogP contribution >= 0.6 is 15.9 Å². The molecule has 0 fully saturated rings. The van der Waals surface area contributed by atoms with Gasteiger partial charge in [0.2, 0.25) is 0 Å². The van der Waals surface area contributed by atoms with E-state index in [9.17, 15) is 0 Å². The van der Waals surface area contributed by atoms with Gasteiger partial charge >= 0.3 is 29.6 Å². The van der Waals surface area contributed by atoms with Crippen molar-refractivity contribution in [2.45, 2.75) is 6.42 Å². The van der Waals surface area contributed by atoms with E-state index in [1.165, 1.54) is 0 Å². The third kappa shape index (κ3) is 3.93. The van der Waals surface area contributed by atoms with Crippen molar-refractivity contribution in [2.24, 2.45) is 0 Å². The van der Waals surface area contributed by atoms with E-state index in [0.717, 1.165) is 10.0 Å². The Bertz CT molecular complexity index is 255. The Labute approximate surface area is 98.3 Å². The molecular weight excluding hydrogens is 213 g/mol. The van der Waals surface area contributed by atoms with Gasteiger partial charge in [-0.05, 0) is 17.7 Å². The van der Waals surface area contributed by atoms with Gasteiger partial charge in [-0.25, -0.2) is 0 Å². The summed E-state index contributed by atoms with van der Waals surface area (Å²) in [5.74, 6) is 0. The fourth-order valence-corrected chi connectivity index (χ4v) is 0.958. The zero-order chi connectivity index (χ0) is 7.40. The molecule has 0 N–H and O–H groups in total. The number of benzene rings is 1. The minimum absolute atomic E-state index is 0. The average Bonchev–Trinajstić information content (AvgIpc) is 1.95. The Balaban J connectivity index is 0. The first-order valence-electron chi connectivity index (χ1n) is 2.94. The van der Waals surface area contributed by atoms with Crippen molar-refractivity contribution >= 4 is 15.9 Å². The molecule has 0 bridgehead atoms. The Morgan fingerprint density at radius 3 is 2.36 bits per heavy atom. The number of halogens is 1. The zero-order valence-electron chi connectivity index (χ0n) is 7.34. The van der Waals surface area contributed by atoms with Crippen LogP contribution in [0.25, 0.3) is 0 Å². The molecule has 1 nitrogen and oxygen atoms in total. The number of rotatable bonds is 1. The first-order chi connectivity index (χ1) is 4.83. The minimum Gasteiger partial charge on any atom is -1.00 e. The quantitative estimate of drug-likeness (QED) is 0.592. The van der Waals surface area contributed by atoms with E-state index >= 15 is 0 Å². The summed E-state index contributed by atoms with van der Waals surface area (Å²) in [5, 5.41) is 8.33. The third-order valence-corrected chi connectivity index (χ3v) is 1.73. The van der Waals surface area contributed by atoms with E-state index < -0.39 is 0 Å². The molecule has 0 aliphatic rings. The van der Waals surface area contributed by atoms with Gasteiger partial charge in [0.15, 0.2) is 0 Å². The maximum atomic E-state index is 8.33. The van der Waals surface area contributed by atoms with Crippen LogP contribution < -0.4 is 29.6 Å². The first-order valence-corrected chi connectivity index (χ1v) is 3.73. The van der Waals surface area contributed by atoms with Gasteiger partial charge in [-0.1, -0.05) is 28.1 Å². The van der Waals surface area contributed by atoms with Crippen molar-refractivity contribution in [3.8, 4) is 6.07 Å². The normalized spacial score (nSPS) is 8.00. The van der Waals surface area contributed by atoms with Gasteiger partial charge < -0.3 is 1.43 Å². The van der Waals surface area contributed by atoms with Crippen LogP contribution in [-0.4, -0.2) is 0 Å². The van der Waals surface area contributed by atoms with Crippen molar-refractivity contribution in [1.82, 2.24) is 0 Å². The van der Waals surface area contributed by atoms with Gasteiger partial charge in [-0.15, -0.1) is 0 Å². The molecular formula is C8H7BrNNa. The van der Waals surface area contributed by atoms with Gasteiger partial charge in [0, 0.05) is 4.47 Å². The second-order valence-corrected chi connectivity index (χ2v) is 2.88. The van der Waals surface area contributed by atoms with E-state index in [4.69, 9.17) is 5.26 Å². The largest absolute Gasteiger partial charge is 1.00 e. The molecule has 1 rings (SSSR count). The van der Waals surface area contributed by atoms with Crippen LogP contribution in [0.5, 0.6) is 0 Å². The van der Waals surface area contributed by atoms with Crippen LogP contribution in [0.4, 0.5) is 0 Å². The minimum atomic E-state index is 0. The third-order valence-electron chi connectivity index (χ3n) is 1.20. The molecule has 0 aliphatic heterocycles. The Hall–Kier alpha value is 0.190. The monoisotopic (exact) mass is 219 g/mol. The van der Waals surface area contributed by atoms with Crippen molar-refractivity contribution in [1.29, 1.82) is 5.26 Å². The maximum absolute atomic E-state index is 8.33. The summed E-state index contributed by atoms with van der Waals surface area (Å²) in [6.45, 7) is 0. The topological polar surface area (TPSA) is 23.8 Å². The van der Waals surface area contributed by atoms with Gasteiger partial charge in [-0.2, -0.15) is 5.26 Å². The Morgan fingerprint density at radius 2 is 1.91 bits per heavy atom. The molecule has 0 saturated heterocycles. The molecule has 0 radical (unpaired) electrons. The fourth-order valence-electron chi connectivity index (χ4n) is 0.694. The molecule has 52 valence electrons. The summed E-state index contributed by atoms with van der Waals surface area (Å²) in [4.78, 5) is 0. The molecule has 0 atom stereocenters. The molecule has 0 heterocycles. The summed E-state index contributed by atoms with van der Waals surface area (Å²) in [6.07, 6.45) is 0.493. The van der Waals surface area contributed by atoms with E-state index in [-0.39, 0.29) is 31.0 Å². The summed E-state index contributed by atoms with van der Waals surface area (Å²) >= 11 is 3.31. The van der Waals surface area contributed by atoms with E-state index in [0.29, 0.717) is 6.42 Å². The second kappa shape index (κ2) is 5.79. The molecule has 1 aromatic carbocycles. The number of hydrogen-bond donors (Lipinski definition) is 0. The van der Waals surface area contributed by atoms with Crippen LogP contribution in [0.15, 0.2) is 28.7 Å². The summed E-state index contributed by atoms with van der Waals surface area (Å²) in [5.41, 5.74) is 1.06. The molecule has 0 aromatic heterocycles. The van der Waals surface area contributed by atoms with Crippen molar-refractivity contribution < 1.29 is 31.0 Å². The van der Waals surface area contributed by atoms with E-state index in [1.54, 1.807) is 0 Å². The molecule has 0 saturated carbocycles. The standard InChI is InChI=1S/C8H6BrN.Na.H/c9-8-3-1-7(2-4-8)5-6-10;;/h1-4H,5H2;;/q;+1;-1. The average molecular weight is 220 g/mol. The molecule has 0 amide bonds. The van der Waals surface area contributed by atoms with Gasteiger partial charge in [0.05, 0.1) is 12.5 Å². The number of nitriles is 1. The Kier molecular flexibility index (Phi) is 5.89. The van der Waals surface area contributed by atoms with Crippen LogP contribution in [0.1, 0.15) is 6.99 Å². The van der Waals surface area contributed by atoms with Crippen LogP contribution in [0, 0.1) is 11.3 Å². The molecule has 1 aromatic rings. The summed E-state index contributed by atoms with van der Waals surface area (Å²) in [6, 6.07) is 9.84. The van der Waals surface area contributed by atoms with Gasteiger partial charge in [-0.3, -0.25) is 0 Å². The fraction of sp³-hybridized carbons (Fsp3) is 0.125. The predicted octanol–water partition coefficient (Wildman–Crippen LogP) is -0.368. The SMILES string of the molecule is N#CCc1ccc(Br)cc1.[H-].[Na+]. The molecule has 0 spiro atoms. The maximum Gasteiger partial charge on any atom is 1.00 e. The van der Waals surface area contributed by atoms with Crippen LogP contribution in [0.3, 0.4) is 0 Å². The molecule has 3 heteroatoms. The van der Waals surface area contributed by atoms with Crippen molar-refractivity contribution in [3.05, 3.63) is 34.3 Å². The first kappa shape index (κ1) is 11.2. The van der Waals surface area contributed by atoms with Crippen LogP contribution in [0.2, 0.25) is 0 Å². The summed E-state index contributed by atoms with van der Waals surface area (Å²) in [7, 11) is 0. The van der Waals surface area contributed by atoms with Crippen LogP contribution in [-0.2, 0) is 6.42 Å². The number of nitrogens with zero attached hydrogens (tertiary/aromatic N) is 1. The molecule has 0 aliphatic carbocycles. The second-order valence-electron chi connectivity index (χ2n) is 1.96. The van der Waals surface area contributed by atoms with Crippen molar-refractivity contribution in [2.75, 3.05) is 0 Å². The smallest absolute Gasteiger partial charge is 1.00 e.